The topological polar surface area (TPSA) is 105 Å². The molecule has 0 spiro atoms. The molecule has 0 unspecified atom stereocenters. The molecule has 24 heavy (non-hydrogen) atoms. The van der Waals surface area contributed by atoms with Crippen molar-refractivity contribution in [2.75, 3.05) is 20.1 Å². The van der Waals surface area contributed by atoms with Crippen molar-refractivity contribution in [2.45, 2.75) is 26.3 Å². The highest BCUT2D eigenvalue weighted by Crippen LogP contribution is 2.13. The summed E-state index contributed by atoms with van der Waals surface area (Å²) in [6, 6.07) is 5.22. The molecule has 130 valence electrons. The van der Waals surface area contributed by atoms with Crippen LogP contribution in [0, 0.1) is 0 Å². The molecule has 3 N–H and O–H groups in total. The summed E-state index contributed by atoms with van der Waals surface area (Å²) in [7, 11) is 1.68. The largest absolute Gasteiger partial charge is 0.459 e. The Morgan fingerprint density at radius 2 is 2.08 bits per heavy atom. The molecule has 2 aromatic rings. The van der Waals surface area contributed by atoms with E-state index in [2.05, 4.69) is 39.9 Å². The lowest BCUT2D eigenvalue weighted by Crippen LogP contribution is -2.41. The molecule has 2 rings (SSSR count). The van der Waals surface area contributed by atoms with Crippen LogP contribution in [0.3, 0.4) is 0 Å². The van der Waals surface area contributed by atoms with Crippen molar-refractivity contribution in [3.63, 3.8) is 0 Å². The van der Waals surface area contributed by atoms with Crippen LogP contribution in [-0.4, -0.2) is 37.2 Å². The van der Waals surface area contributed by atoms with Gasteiger partial charge in [0.2, 0.25) is 0 Å². The first-order valence-electron chi connectivity index (χ1n) is 7.82. The third kappa shape index (κ3) is 5.15. The third-order valence-electron chi connectivity index (χ3n) is 3.27. The summed E-state index contributed by atoms with van der Waals surface area (Å²) in [6.07, 6.45) is 1.47. The number of nitrogens with one attached hydrogen (secondary N) is 3. The molecule has 0 fully saturated rings. The zero-order valence-electron chi connectivity index (χ0n) is 14.1. The quantitative estimate of drug-likeness (QED) is 0.403. The van der Waals surface area contributed by atoms with Gasteiger partial charge in [-0.15, -0.1) is 0 Å². The van der Waals surface area contributed by atoms with Crippen molar-refractivity contribution in [1.82, 2.24) is 21.1 Å². The first-order chi connectivity index (χ1) is 11.6. The zero-order chi connectivity index (χ0) is 17.4. The van der Waals surface area contributed by atoms with Crippen LogP contribution >= 0.6 is 0 Å². The Kier molecular flexibility index (Phi) is 6.41. The van der Waals surface area contributed by atoms with Gasteiger partial charge in [0.15, 0.2) is 17.5 Å². The summed E-state index contributed by atoms with van der Waals surface area (Å²) in [5.74, 6) is 1.74. The molecular weight excluding hydrogens is 310 g/mol. The van der Waals surface area contributed by atoms with Gasteiger partial charge in [-0.1, -0.05) is 19.0 Å². The number of aromatic nitrogens is 1. The Balaban J connectivity index is 1.67. The number of aliphatic imine (C=N–C) groups is 1. The molecule has 2 heterocycles. The van der Waals surface area contributed by atoms with Crippen LogP contribution in [0.25, 0.3) is 0 Å². The first kappa shape index (κ1) is 17.6. The molecule has 8 heteroatoms. The molecule has 1 amide bonds. The molecule has 0 atom stereocenters. The summed E-state index contributed by atoms with van der Waals surface area (Å²) in [5.41, 5.74) is 0.926. The smallest absolute Gasteiger partial charge is 0.287 e. The highest BCUT2D eigenvalue weighted by atomic mass is 16.5. The lowest BCUT2D eigenvalue weighted by molar-refractivity contribution is 0.0926. The average Bonchev–Trinajstić information content (AvgIpc) is 3.25. The van der Waals surface area contributed by atoms with Crippen LogP contribution in [0.5, 0.6) is 0 Å². The summed E-state index contributed by atoms with van der Waals surface area (Å²) < 4.78 is 10.3. The van der Waals surface area contributed by atoms with E-state index in [0.717, 1.165) is 11.5 Å². The number of rotatable bonds is 7. The Morgan fingerprint density at radius 1 is 1.29 bits per heavy atom. The van der Waals surface area contributed by atoms with Gasteiger partial charge in [-0.25, -0.2) is 0 Å². The minimum Gasteiger partial charge on any atom is -0.459 e. The Hall–Kier alpha value is -2.77. The Morgan fingerprint density at radius 3 is 2.71 bits per heavy atom. The highest BCUT2D eigenvalue weighted by Gasteiger charge is 2.09. The predicted octanol–water partition coefficient (Wildman–Crippen LogP) is 1.49. The SMILES string of the molecule is CN=C(NCCNC(=O)c1ccco1)NCc1cc(C(C)C)no1. The molecule has 0 radical (unpaired) electrons. The van der Waals surface area contributed by atoms with Crippen LogP contribution in [0.2, 0.25) is 0 Å². The number of hydrogen-bond acceptors (Lipinski definition) is 5. The van der Waals surface area contributed by atoms with Gasteiger partial charge in [-0.3, -0.25) is 9.79 Å². The van der Waals surface area contributed by atoms with E-state index < -0.39 is 0 Å². The van der Waals surface area contributed by atoms with Gasteiger partial charge in [0, 0.05) is 26.2 Å². The zero-order valence-corrected chi connectivity index (χ0v) is 14.1. The lowest BCUT2D eigenvalue weighted by Gasteiger charge is -2.10. The average molecular weight is 333 g/mol. The van der Waals surface area contributed by atoms with Crippen molar-refractivity contribution in [1.29, 1.82) is 0 Å². The highest BCUT2D eigenvalue weighted by molar-refractivity contribution is 5.91. The summed E-state index contributed by atoms with van der Waals surface area (Å²) in [5, 5.41) is 13.0. The second-order valence-electron chi connectivity index (χ2n) is 5.46. The molecule has 0 saturated carbocycles. The van der Waals surface area contributed by atoms with E-state index in [9.17, 15) is 4.79 Å². The standard InChI is InChI=1S/C16H23N5O3/c1-11(2)13-9-12(24-21-13)10-20-16(17-3)19-7-6-18-15(22)14-5-4-8-23-14/h4-5,8-9,11H,6-7,10H2,1-3H3,(H,18,22)(H2,17,19,20). The van der Waals surface area contributed by atoms with E-state index >= 15 is 0 Å². The third-order valence-corrected chi connectivity index (χ3v) is 3.27. The van der Waals surface area contributed by atoms with Crippen molar-refractivity contribution >= 4 is 11.9 Å². The number of furan rings is 1. The summed E-state index contributed by atoms with van der Waals surface area (Å²) in [6.45, 7) is 5.58. The van der Waals surface area contributed by atoms with Crippen molar-refractivity contribution in [3.05, 3.63) is 41.7 Å². The van der Waals surface area contributed by atoms with Gasteiger partial charge >= 0.3 is 0 Å². The van der Waals surface area contributed by atoms with Gasteiger partial charge in [0.1, 0.15) is 0 Å². The van der Waals surface area contributed by atoms with Crippen molar-refractivity contribution in [2.24, 2.45) is 4.99 Å². The Bertz CT molecular complexity index is 661. The number of guanidine groups is 1. The monoisotopic (exact) mass is 333 g/mol. The van der Waals surface area contributed by atoms with Crippen LogP contribution in [0.1, 0.15) is 41.8 Å². The van der Waals surface area contributed by atoms with Gasteiger partial charge in [0.05, 0.1) is 18.5 Å². The fourth-order valence-electron chi connectivity index (χ4n) is 1.93. The maximum atomic E-state index is 11.7. The number of hydrogen-bond donors (Lipinski definition) is 3. The van der Waals surface area contributed by atoms with Crippen molar-refractivity contribution in [3.8, 4) is 0 Å². The minimum atomic E-state index is -0.243. The van der Waals surface area contributed by atoms with E-state index in [1.807, 2.05) is 6.07 Å². The molecule has 8 nitrogen and oxygen atoms in total. The van der Waals surface area contributed by atoms with Crippen molar-refractivity contribution < 1.29 is 13.7 Å². The Labute approximate surface area is 140 Å². The molecular formula is C16H23N5O3. The molecule has 0 saturated heterocycles. The number of nitrogens with zero attached hydrogens (tertiary/aromatic N) is 2. The van der Waals surface area contributed by atoms with Gasteiger partial charge in [0.25, 0.3) is 5.91 Å². The summed E-state index contributed by atoms with van der Waals surface area (Å²) in [4.78, 5) is 15.8. The molecule has 0 bridgehead atoms. The van der Waals surface area contributed by atoms with Gasteiger partial charge < -0.3 is 24.9 Å². The van der Waals surface area contributed by atoms with Crippen LogP contribution < -0.4 is 16.0 Å². The van der Waals surface area contributed by atoms with E-state index in [0.29, 0.717) is 37.3 Å². The van der Waals surface area contributed by atoms with E-state index in [-0.39, 0.29) is 5.91 Å². The van der Waals surface area contributed by atoms with Crippen LogP contribution in [-0.2, 0) is 6.54 Å². The second-order valence-corrected chi connectivity index (χ2v) is 5.46. The normalized spacial score (nSPS) is 11.6. The maximum Gasteiger partial charge on any atom is 0.287 e. The lowest BCUT2D eigenvalue weighted by atomic mass is 10.1. The van der Waals surface area contributed by atoms with E-state index in [4.69, 9.17) is 8.94 Å². The van der Waals surface area contributed by atoms with E-state index in [1.54, 1.807) is 19.2 Å². The number of carbonyl (C=O) groups is 1. The first-order valence-corrected chi connectivity index (χ1v) is 7.82. The fourth-order valence-corrected chi connectivity index (χ4v) is 1.93. The maximum absolute atomic E-state index is 11.7. The van der Waals surface area contributed by atoms with E-state index in [1.165, 1.54) is 6.26 Å². The van der Waals surface area contributed by atoms with Gasteiger partial charge in [-0.2, -0.15) is 0 Å². The minimum absolute atomic E-state index is 0.243. The van der Waals surface area contributed by atoms with Crippen LogP contribution in [0.15, 0.2) is 38.4 Å². The predicted molar refractivity (Wildman–Crippen MR) is 89.8 cm³/mol. The van der Waals surface area contributed by atoms with Crippen LogP contribution in [0.4, 0.5) is 0 Å². The number of amides is 1. The summed E-state index contributed by atoms with van der Waals surface area (Å²) >= 11 is 0. The molecule has 0 aliphatic heterocycles. The fraction of sp³-hybridized carbons (Fsp3) is 0.438. The number of carbonyl (C=O) groups excluding carboxylic acids is 1. The van der Waals surface area contributed by atoms with Gasteiger partial charge in [-0.05, 0) is 18.1 Å². The molecule has 2 aromatic heterocycles. The molecule has 0 aromatic carbocycles. The second kappa shape index (κ2) is 8.76. The molecule has 0 aliphatic carbocycles. The molecule has 0 aliphatic rings.